The monoisotopic (exact) mass is 334 g/mol. The Bertz CT molecular complexity index is 531. The number of para-hydroxylation sites is 1. The molecule has 0 saturated heterocycles. The highest BCUT2D eigenvalue weighted by Crippen LogP contribution is 2.29. The van der Waals surface area contributed by atoms with Crippen LogP contribution in [0.5, 0.6) is 5.75 Å². The molecule has 0 amide bonds. The lowest BCUT2D eigenvalue weighted by molar-refractivity contribution is 0.314. The Labute approximate surface area is 128 Å². The standard InChI is InChI=1S/C16H19BrN2O/c1-2-18-12-13-6-5-8-15(17)16(13)20-11-9-14-7-3-4-10-19-14/h3-8,10,18H,2,9,11-12H2,1H3. The van der Waals surface area contributed by atoms with Gasteiger partial charge in [-0.05, 0) is 40.7 Å². The number of aromatic nitrogens is 1. The summed E-state index contributed by atoms with van der Waals surface area (Å²) in [5, 5.41) is 3.33. The molecule has 1 aromatic carbocycles. The zero-order valence-corrected chi connectivity index (χ0v) is 13.2. The van der Waals surface area contributed by atoms with Crippen molar-refractivity contribution in [3.05, 3.63) is 58.3 Å². The molecule has 3 nitrogen and oxygen atoms in total. The highest BCUT2D eigenvalue weighted by Gasteiger charge is 2.07. The molecule has 0 saturated carbocycles. The largest absolute Gasteiger partial charge is 0.492 e. The first-order valence-electron chi connectivity index (χ1n) is 6.82. The summed E-state index contributed by atoms with van der Waals surface area (Å²) in [5.41, 5.74) is 2.22. The number of hydrogen-bond acceptors (Lipinski definition) is 3. The minimum absolute atomic E-state index is 0.624. The van der Waals surface area contributed by atoms with E-state index in [1.165, 1.54) is 5.56 Å². The number of nitrogens with zero attached hydrogens (tertiary/aromatic N) is 1. The number of halogens is 1. The van der Waals surface area contributed by atoms with E-state index >= 15 is 0 Å². The number of pyridine rings is 1. The van der Waals surface area contributed by atoms with Crippen molar-refractivity contribution in [2.75, 3.05) is 13.2 Å². The smallest absolute Gasteiger partial charge is 0.137 e. The topological polar surface area (TPSA) is 34.1 Å². The van der Waals surface area contributed by atoms with Crippen molar-refractivity contribution in [3.8, 4) is 5.75 Å². The van der Waals surface area contributed by atoms with Gasteiger partial charge in [0.2, 0.25) is 0 Å². The molecule has 0 aliphatic rings. The van der Waals surface area contributed by atoms with Crippen LogP contribution in [0.15, 0.2) is 47.1 Å². The number of hydrogen-bond donors (Lipinski definition) is 1. The van der Waals surface area contributed by atoms with E-state index in [2.05, 4.69) is 39.2 Å². The van der Waals surface area contributed by atoms with E-state index < -0.39 is 0 Å². The summed E-state index contributed by atoms with van der Waals surface area (Å²) in [6, 6.07) is 12.1. The lowest BCUT2D eigenvalue weighted by Crippen LogP contribution is -2.13. The Hall–Kier alpha value is -1.39. The van der Waals surface area contributed by atoms with Crippen LogP contribution in [0, 0.1) is 0 Å². The second-order valence-electron chi connectivity index (χ2n) is 4.43. The normalized spacial score (nSPS) is 10.5. The van der Waals surface area contributed by atoms with Crippen LogP contribution in [-0.2, 0) is 13.0 Å². The lowest BCUT2D eigenvalue weighted by Gasteiger charge is -2.13. The molecule has 106 valence electrons. The molecule has 0 aliphatic carbocycles. The van der Waals surface area contributed by atoms with Crippen LogP contribution >= 0.6 is 15.9 Å². The summed E-state index contributed by atoms with van der Waals surface area (Å²) in [6.45, 7) is 4.48. The van der Waals surface area contributed by atoms with Crippen molar-refractivity contribution < 1.29 is 4.74 Å². The molecule has 0 spiro atoms. The van der Waals surface area contributed by atoms with Gasteiger partial charge in [-0.25, -0.2) is 0 Å². The molecule has 2 aromatic rings. The summed E-state index contributed by atoms with van der Waals surface area (Å²) >= 11 is 3.56. The minimum atomic E-state index is 0.624. The fourth-order valence-electron chi connectivity index (χ4n) is 1.92. The van der Waals surface area contributed by atoms with E-state index in [1.54, 1.807) is 0 Å². The first-order chi connectivity index (χ1) is 9.81. The van der Waals surface area contributed by atoms with Crippen molar-refractivity contribution in [2.24, 2.45) is 0 Å². The Morgan fingerprint density at radius 3 is 2.85 bits per heavy atom. The second-order valence-corrected chi connectivity index (χ2v) is 5.28. The molecule has 0 fully saturated rings. The Kier molecular flexibility index (Phi) is 6.02. The molecular weight excluding hydrogens is 316 g/mol. The Morgan fingerprint density at radius 2 is 2.10 bits per heavy atom. The molecule has 2 rings (SSSR count). The predicted octanol–water partition coefficient (Wildman–Crippen LogP) is 3.58. The van der Waals surface area contributed by atoms with Gasteiger partial charge in [0.1, 0.15) is 5.75 Å². The Morgan fingerprint density at radius 1 is 1.20 bits per heavy atom. The molecule has 1 N–H and O–H groups in total. The quantitative estimate of drug-likeness (QED) is 0.840. The third kappa shape index (κ3) is 4.32. The molecule has 0 atom stereocenters. The van der Waals surface area contributed by atoms with E-state index in [4.69, 9.17) is 4.74 Å². The maximum Gasteiger partial charge on any atom is 0.137 e. The Balaban J connectivity index is 1.97. The van der Waals surface area contributed by atoms with Crippen LogP contribution in [0.3, 0.4) is 0 Å². The van der Waals surface area contributed by atoms with Crippen molar-refractivity contribution in [2.45, 2.75) is 19.9 Å². The molecular formula is C16H19BrN2O. The fraction of sp³-hybridized carbons (Fsp3) is 0.312. The lowest BCUT2D eigenvalue weighted by atomic mass is 10.2. The highest BCUT2D eigenvalue weighted by molar-refractivity contribution is 9.10. The average Bonchev–Trinajstić information content (AvgIpc) is 2.48. The van der Waals surface area contributed by atoms with Crippen molar-refractivity contribution in [1.82, 2.24) is 10.3 Å². The van der Waals surface area contributed by atoms with Crippen LogP contribution in [0.2, 0.25) is 0 Å². The summed E-state index contributed by atoms with van der Waals surface area (Å²) in [7, 11) is 0. The van der Waals surface area contributed by atoms with Crippen LogP contribution in [-0.4, -0.2) is 18.1 Å². The van der Waals surface area contributed by atoms with Crippen molar-refractivity contribution in [1.29, 1.82) is 0 Å². The molecule has 1 aromatic heterocycles. The number of rotatable bonds is 7. The molecule has 20 heavy (non-hydrogen) atoms. The molecule has 1 heterocycles. The molecule has 0 radical (unpaired) electrons. The zero-order valence-electron chi connectivity index (χ0n) is 11.6. The van der Waals surface area contributed by atoms with Gasteiger partial charge in [0, 0.05) is 30.4 Å². The van der Waals surface area contributed by atoms with Gasteiger partial charge in [0.05, 0.1) is 11.1 Å². The van der Waals surface area contributed by atoms with Crippen LogP contribution < -0.4 is 10.1 Å². The van der Waals surface area contributed by atoms with Gasteiger partial charge in [-0.3, -0.25) is 4.98 Å². The van der Waals surface area contributed by atoms with E-state index in [1.807, 2.05) is 36.5 Å². The summed E-state index contributed by atoms with van der Waals surface area (Å²) in [5.74, 6) is 0.921. The predicted molar refractivity (Wildman–Crippen MR) is 85.0 cm³/mol. The van der Waals surface area contributed by atoms with E-state index in [-0.39, 0.29) is 0 Å². The molecule has 0 aliphatic heterocycles. The average molecular weight is 335 g/mol. The van der Waals surface area contributed by atoms with Crippen molar-refractivity contribution >= 4 is 15.9 Å². The van der Waals surface area contributed by atoms with Crippen LogP contribution in [0.4, 0.5) is 0 Å². The first-order valence-corrected chi connectivity index (χ1v) is 7.61. The molecule has 0 unspecified atom stereocenters. The summed E-state index contributed by atoms with van der Waals surface area (Å²) in [4.78, 5) is 4.30. The number of ether oxygens (including phenoxy) is 1. The van der Waals surface area contributed by atoms with Gasteiger partial charge >= 0.3 is 0 Å². The summed E-state index contributed by atoms with van der Waals surface area (Å²) in [6.07, 6.45) is 2.62. The van der Waals surface area contributed by atoms with Crippen LogP contribution in [0.1, 0.15) is 18.2 Å². The van der Waals surface area contributed by atoms with Gasteiger partial charge < -0.3 is 10.1 Å². The highest BCUT2D eigenvalue weighted by atomic mass is 79.9. The van der Waals surface area contributed by atoms with E-state index in [0.717, 1.165) is 35.4 Å². The second kappa shape index (κ2) is 8.02. The van der Waals surface area contributed by atoms with Gasteiger partial charge in [-0.1, -0.05) is 25.1 Å². The van der Waals surface area contributed by atoms with Gasteiger partial charge in [0.15, 0.2) is 0 Å². The fourth-order valence-corrected chi connectivity index (χ4v) is 2.44. The van der Waals surface area contributed by atoms with Crippen molar-refractivity contribution in [3.63, 3.8) is 0 Å². The molecule has 0 bridgehead atoms. The first kappa shape index (κ1) is 15.0. The maximum atomic E-state index is 5.94. The third-order valence-corrected chi connectivity index (χ3v) is 3.57. The van der Waals surface area contributed by atoms with Gasteiger partial charge in [0.25, 0.3) is 0 Å². The number of nitrogens with one attached hydrogen (secondary N) is 1. The maximum absolute atomic E-state index is 5.94. The molecule has 4 heteroatoms. The van der Waals surface area contributed by atoms with Crippen LogP contribution in [0.25, 0.3) is 0 Å². The SMILES string of the molecule is CCNCc1cccc(Br)c1OCCc1ccccn1. The van der Waals surface area contributed by atoms with Gasteiger partial charge in [-0.2, -0.15) is 0 Å². The third-order valence-electron chi connectivity index (χ3n) is 2.94. The number of benzene rings is 1. The van der Waals surface area contributed by atoms with Gasteiger partial charge in [-0.15, -0.1) is 0 Å². The minimum Gasteiger partial charge on any atom is -0.492 e. The zero-order chi connectivity index (χ0) is 14.2. The summed E-state index contributed by atoms with van der Waals surface area (Å²) < 4.78 is 6.94. The van der Waals surface area contributed by atoms with E-state index in [9.17, 15) is 0 Å². The van der Waals surface area contributed by atoms with E-state index in [0.29, 0.717) is 6.61 Å².